The lowest BCUT2D eigenvalue weighted by molar-refractivity contribution is -0.163. The summed E-state index contributed by atoms with van der Waals surface area (Å²) in [5.41, 5.74) is -0.381. The molecule has 1 N–H and O–H groups in total. The minimum atomic E-state index is -4.44. The largest absolute Gasteiger partial charge is 0.416 e. The molecular formula is C14H15F6N. The molecule has 118 valence electrons. The second-order valence-corrected chi connectivity index (χ2v) is 5.29. The van der Waals surface area contributed by atoms with Crippen LogP contribution >= 0.6 is 0 Å². The van der Waals surface area contributed by atoms with Crippen LogP contribution in [0, 0.1) is 0 Å². The molecule has 1 fully saturated rings. The highest BCUT2D eigenvalue weighted by Crippen LogP contribution is 2.31. The Labute approximate surface area is 118 Å². The van der Waals surface area contributed by atoms with Gasteiger partial charge in [-0.05, 0) is 37.3 Å². The van der Waals surface area contributed by atoms with Crippen molar-refractivity contribution in [2.75, 3.05) is 0 Å². The molecule has 1 saturated heterocycles. The molecule has 0 radical (unpaired) electrons. The van der Waals surface area contributed by atoms with Crippen LogP contribution in [-0.2, 0) is 12.6 Å². The molecule has 1 aromatic rings. The second-order valence-electron chi connectivity index (χ2n) is 5.29. The maximum absolute atomic E-state index is 12.7. The van der Waals surface area contributed by atoms with Gasteiger partial charge in [0.05, 0.1) is 5.56 Å². The highest BCUT2D eigenvalue weighted by atomic mass is 19.4. The molecule has 1 nitrogen and oxygen atoms in total. The average Bonchev–Trinajstić information content (AvgIpc) is 2.37. The topological polar surface area (TPSA) is 12.0 Å². The number of hydrogen-bond donors (Lipinski definition) is 1. The van der Waals surface area contributed by atoms with Crippen molar-refractivity contribution in [1.82, 2.24) is 5.32 Å². The van der Waals surface area contributed by atoms with Gasteiger partial charge in [0, 0.05) is 6.04 Å². The van der Waals surface area contributed by atoms with Gasteiger partial charge in [-0.1, -0.05) is 18.2 Å². The third-order valence-corrected chi connectivity index (χ3v) is 3.61. The van der Waals surface area contributed by atoms with Gasteiger partial charge in [-0.25, -0.2) is 0 Å². The molecule has 0 aliphatic carbocycles. The van der Waals surface area contributed by atoms with E-state index in [9.17, 15) is 26.3 Å². The van der Waals surface area contributed by atoms with Crippen LogP contribution in [0.5, 0.6) is 0 Å². The Kier molecular flexibility index (Phi) is 4.51. The Bertz CT molecular complexity index is 479. The van der Waals surface area contributed by atoms with E-state index in [1.165, 1.54) is 12.1 Å². The summed E-state index contributed by atoms with van der Waals surface area (Å²) >= 11 is 0. The number of hydrogen-bond acceptors (Lipinski definition) is 1. The predicted molar refractivity (Wildman–Crippen MR) is 65.8 cm³/mol. The van der Waals surface area contributed by atoms with E-state index in [0.717, 1.165) is 12.1 Å². The SMILES string of the molecule is FC(F)(F)c1cccc(CC2CCCC(C(F)(F)F)N2)c1. The van der Waals surface area contributed by atoms with Crippen molar-refractivity contribution < 1.29 is 26.3 Å². The zero-order valence-corrected chi connectivity index (χ0v) is 11.1. The Morgan fingerprint density at radius 3 is 2.38 bits per heavy atom. The molecule has 0 amide bonds. The number of halogens is 6. The fourth-order valence-electron chi connectivity index (χ4n) is 2.60. The molecule has 1 heterocycles. The molecule has 2 unspecified atom stereocenters. The fraction of sp³-hybridized carbons (Fsp3) is 0.571. The number of nitrogens with one attached hydrogen (secondary N) is 1. The van der Waals surface area contributed by atoms with E-state index >= 15 is 0 Å². The van der Waals surface area contributed by atoms with Crippen molar-refractivity contribution in [3.05, 3.63) is 35.4 Å². The first-order chi connectivity index (χ1) is 9.66. The molecule has 0 saturated carbocycles. The summed E-state index contributed by atoms with van der Waals surface area (Å²) in [5.74, 6) is 0. The molecular weight excluding hydrogens is 296 g/mol. The van der Waals surface area contributed by atoms with Crippen LogP contribution in [0.25, 0.3) is 0 Å². The van der Waals surface area contributed by atoms with Crippen molar-refractivity contribution in [3.8, 4) is 0 Å². The highest BCUT2D eigenvalue weighted by Gasteiger charge is 2.42. The van der Waals surface area contributed by atoms with Gasteiger partial charge in [0.15, 0.2) is 0 Å². The van der Waals surface area contributed by atoms with Crippen LogP contribution in [0.2, 0.25) is 0 Å². The first-order valence-electron chi connectivity index (χ1n) is 6.65. The molecule has 1 aliphatic heterocycles. The molecule has 2 rings (SSSR count). The summed E-state index contributed by atoms with van der Waals surface area (Å²) in [6.45, 7) is 0. The molecule has 0 spiro atoms. The van der Waals surface area contributed by atoms with Gasteiger partial charge >= 0.3 is 12.4 Å². The Hall–Kier alpha value is -1.24. The first kappa shape index (κ1) is 16.1. The second kappa shape index (κ2) is 5.87. The Balaban J connectivity index is 2.05. The lowest BCUT2D eigenvalue weighted by Crippen LogP contribution is -2.51. The average molecular weight is 311 g/mol. The summed E-state index contributed by atoms with van der Waals surface area (Å²) in [4.78, 5) is 0. The van der Waals surface area contributed by atoms with Gasteiger partial charge in [0.25, 0.3) is 0 Å². The van der Waals surface area contributed by atoms with Crippen LogP contribution in [0.1, 0.15) is 30.4 Å². The molecule has 1 aliphatic rings. The van der Waals surface area contributed by atoms with Crippen LogP contribution in [-0.4, -0.2) is 18.3 Å². The zero-order chi connectivity index (χ0) is 15.7. The summed E-state index contributed by atoms with van der Waals surface area (Å²) in [5, 5.41) is 2.49. The van der Waals surface area contributed by atoms with E-state index < -0.39 is 30.0 Å². The Morgan fingerprint density at radius 1 is 1.05 bits per heavy atom. The summed E-state index contributed by atoms with van der Waals surface area (Å²) in [7, 11) is 0. The fourth-order valence-corrected chi connectivity index (χ4v) is 2.60. The van der Waals surface area contributed by atoms with Crippen LogP contribution in [0.3, 0.4) is 0 Å². The van der Waals surface area contributed by atoms with Crippen molar-refractivity contribution in [2.24, 2.45) is 0 Å². The van der Waals surface area contributed by atoms with Crippen molar-refractivity contribution in [3.63, 3.8) is 0 Å². The van der Waals surface area contributed by atoms with Crippen molar-refractivity contribution in [2.45, 2.75) is 50.1 Å². The first-order valence-corrected chi connectivity index (χ1v) is 6.65. The van der Waals surface area contributed by atoms with Gasteiger partial charge in [0.2, 0.25) is 0 Å². The van der Waals surface area contributed by atoms with E-state index in [0.29, 0.717) is 18.4 Å². The van der Waals surface area contributed by atoms with E-state index in [4.69, 9.17) is 0 Å². The van der Waals surface area contributed by atoms with Crippen LogP contribution in [0.15, 0.2) is 24.3 Å². The summed E-state index contributed by atoms with van der Waals surface area (Å²) in [6, 6.07) is 2.72. The zero-order valence-electron chi connectivity index (χ0n) is 11.1. The minimum Gasteiger partial charge on any atom is -0.303 e. The molecule has 0 aromatic heterocycles. The normalized spacial score (nSPS) is 24.1. The van der Waals surface area contributed by atoms with E-state index in [1.54, 1.807) is 0 Å². The van der Waals surface area contributed by atoms with Gasteiger partial charge in [0.1, 0.15) is 6.04 Å². The monoisotopic (exact) mass is 311 g/mol. The third kappa shape index (κ3) is 4.36. The number of benzene rings is 1. The van der Waals surface area contributed by atoms with E-state index in [2.05, 4.69) is 5.32 Å². The minimum absolute atomic E-state index is 0.0165. The highest BCUT2D eigenvalue weighted by molar-refractivity contribution is 5.26. The number of rotatable bonds is 2. The molecule has 7 heteroatoms. The van der Waals surface area contributed by atoms with Crippen LogP contribution < -0.4 is 5.32 Å². The molecule has 1 aromatic carbocycles. The number of piperidine rings is 1. The standard InChI is InChI=1S/C14H15F6N/c15-13(16,17)10-4-1-3-9(7-10)8-11-5-2-6-12(21-11)14(18,19)20/h1,3-4,7,11-12,21H,2,5-6,8H2. The maximum Gasteiger partial charge on any atom is 0.416 e. The molecule has 21 heavy (non-hydrogen) atoms. The van der Waals surface area contributed by atoms with E-state index in [-0.39, 0.29) is 12.8 Å². The quantitative estimate of drug-likeness (QED) is 0.802. The van der Waals surface area contributed by atoms with Gasteiger partial charge in [-0.3, -0.25) is 0 Å². The predicted octanol–water partition coefficient (Wildman–Crippen LogP) is 4.32. The summed E-state index contributed by atoms with van der Waals surface area (Å²) < 4.78 is 75.8. The van der Waals surface area contributed by atoms with Gasteiger partial charge in [-0.2, -0.15) is 26.3 Å². The van der Waals surface area contributed by atoms with Gasteiger partial charge in [-0.15, -0.1) is 0 Å². The Morgan fingerprint density at radius 2 is 1.76 bits per heavy atom. The van der Waals surface area contributed by atoms with Crippen LogP contribution in [0.4, 0.5) is 26.3 Å². The maximum atomic E-state index is 12.7. The van der Waals surface area contributed by atoms with Crippen molar-refractivity contribution in [1.29, 1.82) is 0 Å². The number of alkyl halides is 6. The van der Waals surface area contributed by atoms with E-state index in [1.807, 2.05) is 0 Å². The summed E-state index contributed by atoms with van der Waals surface area (Å²) in [6.07, 6.45) is -7.63. The van der Waals surface area contributed by atoms with Gasteiger partial charge < -0.3 is 5.32 Å². The third-order valence-electron chi connectivity index (χ3n) is 3.61. The molecule has 0 bridgehead atoms. The lowest BCUT2D eigenvalue weighted by Gasteiger charge is -2.32. The molecule has 2 atom stereocenters. The lowest BCUT2D eigenvalue weighted by atomic mass is 9.93. The van der Waals surface area contributed by atoms with Crippen molar-refractivity contribution >= 4 is 0 Å². The smallest absolute Gasteiger partial charge is 0.303 e.